The van der Waals surface area contributed by atoms with Gasteiger partial charge in [-0.05, 0) is 17.7 Å². The molecule has 1 N–H and O–H groups in total. The zero-order valence-electron chi connectivity index (χ0n) is 8.66. The van der Waals surface area contributed by atoms with Gasteiger partial charge in [0, 0.05) is 18.1 Å². The van der Waals surface area contributed by atoms with Crippen LogP contribution in [0.25, 0.3) is 0 Å². The fraction of sp³-hybridized carbons (Fsp3) is 0.182. The Labute approximate surface area is 99.5 Å². The van der Waals surface area contributed by atoms with Crippen LogP contribution in [-0.2, 0) is 12.7 Å². The van der Waals surface area contributed by atoms with Crippen LogP contribution in [0.3, 0.4) is 0 Å². The molecule has 90 valence electrons. The Bertz CT molecular complexity index is 568. The van der Waals surface area contributed by atoms with E-state index in [-0.39, 0.29) is 6.54 Å². The van der Waals surface area contributed by atoms with Gasteiger partial charge in [-0.15, -0.1) is 11.3 Å². The Morgan fingerprint density at radius 3 is 2.65 bits per heavy atom. The van der Waals surface area contributed by atoms with Gasteiger partial charge < -0.3 is 4.57 Å². The highest BCUT2D eigenvalue weighted by Gasteiger charge is 2.30. The monoisotopic (exact) mass is 258 g/mol. The smallest absolute Gasteiger partial charge is 0.320 e. The third-order valence-corrected chi connectivity index (χ3v) is 3.00. The molecule has 1 aromatic heterocycles. The van der Waals surface area contributed by atoms with Crippen LogP contribution in [-0.4, -0.2) is 4.57 Å². The minimum Gasteiger partial charge on any atom is -0.320 e. The molecule has 0 aliphatic heterocycles. The number of halogens is 3. The molecule has 6 heteroatoms. The van der Waals surface area contributed by atoms with Crippen molar-refractivity contribution in [3.8, 4) is 0 Å². The molecule has 0 spiro atoms. The van der Waals surface area contributed by atoms with E-state index in [9.17, 15) is 13.2 Å². The molecule has 0 radical (unpaired) electrons. The van der Waals surface area contributed by atoms with Crippen molar-refractivity contribution >= 4 is 11.3 Å². The van der Waals surface area contributed by atoms with Gasteiger partial charge in [0.25, 0.3) is 0 Å². The number of thiazole rings is 1. The van der Waals surface area contributed by atoms with Crippen molar-refractivity contribution in [1.82, 2.24) is 4.57 Å². The zero-order chi connectivity index (χ0) is 12.5. The number of rotatable bonds is 2. The van der Waals surface area contributed by atoms with E-state index in [2.05, 4.69) is 0 Å². The Hall–Kier alpha value is -1.56. The third kappa shape index (κ3) is 2.76. The van der Waals surface area contributed by atoms with Crippen molar-refractivity contribution in [2.45, 2.75) is 12.7 Å². The average molecular weight is 258 g/mol. The first kappa shape index (κ1) is 11.9. The number of benzene rings is 1. The molecule has 0 saturated heterocycles. The van der Waals surface area contributed by atoms with Gasteiger partial charge in [0.15, 0.2) is 4.80 Å². The highest BCUT2D eigenvalue weighted by molar-refractivity contribution is 7.06. The minimum atomic E-state index is -4.32. The molecule has 0 amide bonds. The molecule has 1 heterocycles. The van der Waals surface area contributed by atoms with E-state index >= 15 is 0 Å². The molecule has 2 nitrogen and oxygen atoms in total. The second-order valence-corrected chi connectivity index (χ2v) is 4.43. The summed E-state index contributed by atoms with van der Waals surface area (Å²) >= 11 is 1.24. The molecule has 0 fully saturated rings. The van der Waals surface area contributed by atoms with Gasteiger partial charge in [-0.1, -0.05) is 12.1 Å². The van der Waals surface area contributed by atoms with E-state index < -0.39 is 11.7 Å². The zero-order valence-corrected chi connectivity index (χ0v) is 9.48. The van der Waals surface area contributed by atoms with Crippen molar-refractivity contribution in [1.29, 1.82) is 5.41 Å². The highest BCUT2D eigenvalue weighted by Crippen LogP contribution is 2.29. The maximum absolute atomic E-state index is 12.5. The molecule has 0 aliphatic carbocycles. The van der Waals surface area contributed by atoms with Crippen LogP contribution in [0.5, 0.6) is 0 Å². The lowest BCUT2D eigenvalue weighted by molar-refractivity contribution is -0.137. The first-order valence-electron chi connectivity index (χ1n) is 4.81. The van der Waals surface area contributed by atoms with E-state index in [4.69, 9.17) is 5.41 Å². The lowest BCUT2D eigenvalue weighted by Crippen LogP contribution is -2.13. The summed E-state index contributed by atoms with van der Waals surface area (Å²) in [5, 5.41) is 9.27. The van der Waals surface area contributed by atoms with Crippen LogP contribution >= 0.6 is 11.3 Å². The average Bonchev–Trinajstić information content (AvgIpc) is 2.64. The van der Waals surface area contributed by atoms with E-state index in [1.165, 1.54) is 17.4 Å². The maximum atomic E-state index is 12.5. The SMILES string of the molecule is N=c1sccn1Cc1cccc(C(F)(F)F)c1. The molecular formula is C11H9F3N2S. The lowest BCUT2D eigenvalue weighted by atomic mass is 10.1. The lowest BCUT2D eigenvalue weighted by Gasteiger charge is -2.09. The fourth-order valence-corrected chi connectivity index (χ4v) is 2.07. The van der Waals surface area contributed by atoms with Crippen LogP contribution in [0.1, 0.15) is 11.1 Å². The van der Waals surface area contributed by atoms with Crippen LogP contribution in [0.2, 0.25) is 0 Å². The molecule has 0 unspecified atom stereocenters. The molecule has 0 atom stereocenters. The number of hydrogen-bond donors (Lipinski definition) is 1. The molecule has 0 aliphatic rings. The number of aromatic nitrogens is 1. The van der Waals surface area contributed by atoms with Crippen LogP contribution < -0.4 is 4.80 Å². The largest absolute Gasteiger partial charge is 0.416 e. The second-order valence-electron chi connectivity index (χ2n) is 3.53. The van der Waals surface area contributed by atoms with E-state index in [0.29, 0.717) is 10.4 Å². The Morgan fingerprint density at radius 2 is 2.06 bits per heavy atom. The van der Waals surface area contributed by atoms with Gasteiger partial charge in [-0.25, -0.2) is 0 Å². The van der Waals surface area contributed by atoms with Crippen LogP contribution in [0.4, 0.5) is 13.2 Å². The summed E-state index contributed by atoms with van der Waals surface area (Å²) in [5.74, 6) is 0. The Morgan fingerprint density at radius 1 is 1.29 bits per heavy atom. The highest BCUT2D eigenvalue weighted by atomic mass is 32.1. The van der Waals surface area contributed by atoms with Gasteiger partial charge >= 0.3 is 6.18 Å². The molecule has 1 aromatic carbocycles. The molecular weight excluding hydrogens is 249 g/mol. The standard InChI is InChI=1S/C11H9F3N2S/c12-11(13,14)9-3-1-2-8(6-9)7-16-4-5-17-10(16)15/h1-6,15H,7H2. The molecule has 17 heavy (non-hydrogen) atoms. The van der Waals surface area contributed by atoms with Gasteiger partial charge in [-0.2, -0.15) is 13.2 Å². The summed E-state index contributed by atoms with van der Waals surface area (Å²) in [6, 6.07) is 5.17. The van der Waals surface area contributed by atoms with E-state index in [1.807, 2.05) is 0 Å². The van der Waals surface area contributed by atoms with Crippen molar-refractivity contribution in [2.24, 2.45) is 0 Å². The number of nitrogens with one attached hydrogen (secondary N) is 1. The quantitative estimate of drug-likeness (QED) is 0.857. The molecule has 0 saturated carbocycles. The molecule has 2 aromatic rings. The first-order chi connectivity index (χ1) is 7.97. The number of nitrogens with zero attached hydrogens (tertiary/aromatic N) is 1. The minimum absolute atomic E-state index is 0.284. The van der Waals surface area contributed by atoms with E-state index in [1.54, 1.807) is 22.2 Å². The predicted molar refractivity (Wildman–Crippen MR) is 58.7 cm³/mol. The van der Waals surface area contributed by atoms with Gasteiger partial charge in [0.2, 0.25) is 0 Å². The predicted octanol–water partition coefficient (Wildman–Crippen LogP) is 3.10. The Balaban J connectivity index is 2.29. The second kappa shape index (κ2) is 4.37. The molecule has 0 bridgehead atoms. The Kier molecular flexibility index (Phi) is 3.06. The van der Waals surface area contributed by atoms with Gasteiger partial charge in [-0.3, -0.25) is 5.41 Å². The summed E-state index contributed by atoms with van der Waals surface area (Å²) in [7, 11) is 0. The summed E-state index contributed by atoms with van der Waals surface area (Å²) in [5.41, 5.74) is -0.117. The summed E-state index contributed by atoms with van der Waals surface area (Å²) in [4.78, 5) is 0.322. The fourth-order valence-electron chi connectivity index (χ4n) is 1.47. The summed E-state index contributed by atoms with van der Waals surface area (Å²) in [6.45, 7) is 0.284. The normalized spacial score (nSPS) is 11.7. The van der Waals surface area contributed by atoms with Gasteiger partial charge in [0.05, 0.1) is 5.56 Å². The third-order valence-electron chi connectivity index (χ3n) is 2.29. The van der Waals surface area contributed by atoms with E-state index in [0.717, 1.165) is 12.1 Å². The summed E-state index contributed by atoms with van der Waals surface area (Å²) < 4.78 is 39.0. The van der Waals surface area contributed by atoms with Gasteiger partial charge in [0.1, 0.15) is 0 Å². The van der Waals surface area contributed by atoms with Crippen LogP contribution in [0.15, 0.2) is 35.8 Å². The van der Waals surface area contributed by atoms with Crippen LogP contribution in [0, 0.1) is 5.41 Å². The maximum Gasteiger partial charge on any atom is 0.416 e. The van der Waals surface area contributed by atoms with Crippen molar-refractivity contribution < 1.29 is 13.2 Å². The topological polar surface area (TPSA) is 28.8 Å². The van der Waals surface area contributed by atoms with Crippen molar-refractivity contribution in [3.05, 3.63) is 51.8 Å². The summed E-state index contributed by atoms with van der Waals surface area (Å²) in [6.07, 6.45) is -2.63. The van der Waals surface area contributed by atoms with Crippen molar-refractivity contribution in [2.75, 3.05) is 0 Å². The first-order valence-corrected chi connectivity index (χ1v) is 5.69. The number of alkyl halides is 3. The molecule has 2 rings (SSSR count). The number of hydrogen-bond acceptors (Lipinski definition) is 2. The van der Waals surface area contributed by atoms with Crippen molar-refractivity contribution in [3.63, 3.8) is 0 Å².